The summed E-state index contributed by atoms with van der Waals surface area (Å²) >= 11 is 18.4. The first-order valence-electron chi connectivity index (χ1n) is 12.7. The molecule has 7 nitrogen and oxygen atoms in total. The molecule has 2 atom stereocenters. The van der Waals surface area contributed by atoms with Crippen LogP contribution in [0.15, 0.2) is 72.8 Å². The third-order valence-corrected chi connectivity index (χ3v) is 8.53. The molecule has 0 aliphatic carbocycles. The molecule has 11 heteroatoms. The molecule has 0 aliphatic heterocycles. The van der Waals surface area contributed by atoms with Crippen molar-refractivity contribution in [1.29, 1.82) is 0 Å². The maximum absolute atomic E-state index is 14.0. The smallest absolute Gasteiger partial charge is 0.244 e. The van der Waals surface area contributed by atoms with Crippen molar-refractivity contribution >= 4 is 62.3 Å². The Balaban J connectivity index is 2.07. The highest BCUT2D eigenvalue weighted by Crippen LogP contribution is 2.25. The van der Waals surface area contributed by atoms with Crippen molar-refractivity contribution in [2.24, 2.45) is 0 Å². The van der Waals surface area contributed by atoms with Gasteiger partial charge >= 0.3 is 0 Å². The average Bonchev–Trinajstić information content (AvgIpc) is 2.91. The first-order valence-corrected chi connectivity index (χ1v) is 15.7. The minimum Gasteiger partial charge on any atom is -0.352 e. The van der Waals surface area contributed by atoms with E-state index in [4.69, 9.17) is 34.8 Å². The maximum Gasteiger partial charge on any atom is 0.244 e. The molecule has 2 unspecified atom stereocenters. The molecule has 0 radical (unpaired) electrons. The van der Waals surface area contributed by atoms with E-state index in [0.29, 0.717) is 27.1 Å². The molecule has 3 aromatic rings. The summed E-state index contributed by atoms with van der Waals surface area (Å²) in [6.07, 6.45) is 1.94. The van der Waals surface area contributed by atoms with Crippen molar-refractivity contribution in [1.82, 2.24) is 10.2 Å². The Morgan fingerprint density at radius 2 is 1.55 bits per heavy atom. The molecule has 1 N–H and O–H groups in total. The highest BCUT2D eigenvalue weighted by Gasteiger charge is 2.33. The molecule has 0 aromatic heterocycles. The summed E-state index contributed by atoms with van der Waals surface area (Å²) in [7, 11) is -3.87. The summed E-state index contributed by atoms with van der Waals surface area (Å²) < 4.78 is 26.6. The Morgan fingerprint density at radius 3 is 2.12 bits per heavy atom. The third-order valence-electron chi connectivity index (χ3n) is 6.40. The lowest BCUT2D eigenvalue weighted by molar-refractivity contribution is -0.140. The van der Waals surface area contributed by atoms with E-state index < -0.39 is 28.5 Å². The van der Waals surface area contributed by atoms with Gasteiger partial charge in [-0.15, -0.1) is 0 Å². The van der Waals surface area contributed by atoms with Gasteiger partial charge in [0.2, 0.25) is 21.8 Å². The number of anilines is 1. The molecule has 3 rings (SSSR count). The molecule has 0 spiro atoms. The van der Waals surface area contributed by atoms with E-state index in [0.717, 1.165) is 16.1 Å². The van der Waals surface area contributed by atoms with Gasteiger partial charge in [0, 0.05) is 24.0 Å². The van der Waals surface area contributed by atoms with E-state index in [2.05, 4.69) is 5.32 Å². The first-order chi connectivity index (χ1) is 18.9. The molecular formula is C29H32Cl3N3O4S. The van der Waals surface area contributed by atoms with Gasteiger partial charge in [0.05, 0.1) is 22.0 Å². The van der Waals surface area contributed by atoms with Gasteiger partial charge in [-0.2, -0.15) is 0 Å². The van der Waals surface area contributed by atoms with Crippen LogP contribution in [0.3, 0.4) is 0 Å². The topological polar surface area (TPSA) is 86.8 Å². The van der Waals surface area contributed by atoms with Crippen LogP contribution in [0, 0.1) is 0 Å². The molecule has 0 saturated heterocycles. The Hall–Kier alpha value is -2.78. The van der Waals surface area contributed by atoms with Crippen LogP contribution in [0.1, 0.15) is 31.4 Å². The first kappa shape index (κ1) is 31.7. The van der Waals surface area contributed by atoms with Crippen molar-refractivity contribution in [3.05, 3.63) is 99.0 Å². The fourth-order valence-electron chi connectivity index (χ4n) is 4.05. The van der Waals surface area contributed by atoms with Gasteiger partial charge in [-0.1, -0.05) is 78.1 Å². The number of carbonyl (C=O) groups is 2. The van der Waals surface area contributed by atoms with Gasteiger partial charge in [-0.05, 0) is 60.9 Å². The lowest BCUT2D eigenvalue weighted by Gasteiger charge is -2.34. The van der Waals surface area contributed by atoms with E-state index in [1.165, 1.54) is 17.0 Å². The van der Waals surface area contributed by atoms with Crippen molar-refractivity contribution in [3.63, 3.8) is 0 Å². The lowest BCUT2D eigenvalue weighted by atomic mass is 10.0. The average molecular weight is 625 g/mol. The molecule has 0 bridgehead atoms. The summed E-state index contributed by atoms with van der Waals surface area (Å²) in [6, 6.07) is 19.4. The van der Waals surface area contributed by atoms with E-state index in [9.17, 15) is 18.0 Å². The van der Waals surface area contributed by atoms with Crippen LogP contribution in [0.2, 0.25) is 15.1 Å². The number of benzene rings is 3. The highest BCUT2D eigenvalue weighted by molar-refractivity contribution is 7.92. The van der Waals surface area contributed by atoms with Crippen molar-refractivity contribution < 1.29 is 18.0 Å². The number of hydrogen-bond acceptors (Lipinski definition) is 4. The SMILES string of the molecule is CCC(C)NC(=O)C(Cc1ccccc1)N(Cc1ccc(Cl)c(Cl)c1)C(=O)CN(c1ccc(Cl)cc1)S(C)(=O)=O. The van der Waals surface area contributed by atoms with Crippen molar-refractivity contribution in [3.8, 4) is 0 Å². The van der Waals surface area contributed by atoms with Crippen LogP contribution in [-0.4, -0.2) is 50.0 Å². The van der Waals surface area contributed by atoms with Crippen LogP contribution in [0.5, 0.6) is 0 Å². The second-order valence-electron chi connectivity index (χ2n) is 9.54. The fraction of sp³-hybridized carbons (Fsp3) is 0.310. The summed E-state index contributed by atoms with van der Waals surface area (Å²) in [5.41, 5.74) is 1.75. The molecule has 3 aromatic carbocycles. The zero-order valence-corrected chi connectivity index (χ0v) is 25.6. The number of nitrogens with zero attached hydrogens (tertiary/aromatic N) is 2. The second kappa shape index (κ2) is 14.2. The molecule has 40 heavy (non-hydrogen) atoms. The van der Waals surface area contributed by atoms with Gasteiger partial charge in [0.15, 0.2) is 0 Å². The molecule has 0 saturated carbocycles. The Morgan fingerprint density at radius 1 is 0.900 bits per heavy atom. The number of carbonyl (C=O) groups excluding carboxylic acids is 2. The highest BCUT2D eigenvalue weighted by atomic mass is 35.5. The zero-order valence-electron chi connectivity index (χ0n) is 22.5. The third kappa shape index (κ3) is 8.86. The number of nitrogens with one attached hydrogen (secondary N) is 1. The predicted octanol–water partition coefficient (Wildman–Crippen LogP) is 5.97. The Bertz CT molecular complexity index is 1420. The van der Waals surface area contributed by atoms with E-state index in [1.54, 1.807) is 30.3 Å². The van der Waals surface area contributed by atoms with Gasteiger partial charge in [-0.3, -0.25) is 13.9 Å². The number of sulfonamides is 1. The number of rotatable bonds is 12. The Kier molecular flexibility index (Phi) is 11.3. The molecule has 214 valence electrons. The van der Waals surface area contributed by atoms with E-state index in [1.807, 2.05) is 44.2 Å². The molecule has 0 fully saturated rings. The van der Waals surface area contributed by atoms with Gasteiger partial charge in [0.1, 0.15) is 12.6 Å². The van der Waals surface area contributed by atoms with Crippen LogP contribution >= 0.6 is 34.8 Å². The predicted molar refractivity (Wildman–Crippen MR) is 162 cm³/mol. The quantitative estimate of drug-likeness (QED) is 0.269. The number of amides is 2. The normalized spacial score (nSPS) is 12.8. The largest absolute Gasteiger partial charge is 0.352 e. The maximum atomic E-state index is 14.0. The van der Waals surface area contributed by atoms with Crippen LogP contribution in [0.4, 0.5) is 5.69 Å². The second-order valence-corrected chi connectivity index (χ2v) is 12.7. The summed E-state index contributed by atoms with van der Waals surface area (Å²) in [4.78, 5) is 29.1. The summed E-state index contributed by atoms with van der Waals surface area (Å²) in [5, 5.41) is 4.06. The zero-order chi connectivity index (χ0) is 29.4. The summed E-state index contributed by atoms with van der Waals surface area (Å²) in [5.74, 6) is -0.907. The monoisotopic (exact) mass is 623 g/mol. The number of hydrogen-bond donors (Lipinski definition) is 1. The molecule has 0 aliphatic rings. The van der Waals surface area contributed by atoms with E-state index in [-0.39, 0.29) is 30.6 Å². The van der Waals surface area contributed by atoms with Crippen LogP contribution in [-0.2, 0) is 32.6 Å². The molecular weight excluding hydrogens is 593 g/mol. The van der Waals surface area contributed by atoms with Crippen molar-refractivity contribution in [2.75, 3.05) is 17.1 Å². The lowest BCUT2D eigenvalue weighted by Crippen LogP contribution is -2.54. The Labute approximate surface area is 251 Å². The van der Waals surface area contributed by atoms with Crippen LogP contribution < -0.4 is 9.62 Å². The van der Waals surface area contributed by atoms with Gasteiger partial charge in [-0.25, -0.2) is 8.42 Å². The molecule has 0 heterocycles. The minimum absolute atomic E-state index is 0.000627. The van der Waals surface area contributed by atoms with Crippen molar-refractivity contribution in [2.45, 2.75) is 45.3 Å². The number of halogens is 3. The van der Waals surface area contributed by atoms with Gasteiger partial charge < -0.3 is 10.2 Å². The van der Waals surface area contributed by atoms with Gasteiger partial charge in [0.25, 0.3) is 0 Å². The summed E-state index contributed by atoms with van der Waals surface area (Å²) in [6.45, 7) is 3.31. The fourth-order valence-corrected chi connectivity index (χ4v) is 5.35. The standard InChI is InChI=1S/C29H32Cl3N3O4S/c1-4-20(2)33-29(37)27(17-21-8-6-5-7-9-21)34(18-22-10-15-25(31)26(32)16-22)28(36)19-35(40(3,38)39)24-13-11-23(30)12-14-24/h5-16,20,27H,4,17-19H2,1-3H3,(H,33,37). The van der Waals surface area contributed by atoms with Crippen LogP contribution in [0.25, 0.3) is 0 Å². The minimum atomic E-state index is -3.87. The molecule has 2 amide bonds. The van der Waals surface area contributed by atoms with E-state index >= 15 is 0 Å².